The van der Waals surface area contributed by atoms with Gasteiger partial charge >= 0.3 is 0 Å². The number of likely N-dealkylation sites (tertiary alicyclic amines) is 1. The van der Waals surface area contributed by atoms with Gasteiger partial charge in [0.15, 0.2) is 0 Å². The number of rotatable bonds is 3. The molecule has 2 fully saturated rings. The Morgan fingerprint density at radius 3 is 2.36 bits per heavy atom. The number of hydrogen-bond donors (Lipinski definition) is 1. The SMILES string of the molecule is [CH](CN1CCCCC1)N1CCNCC1. The molecule has 2 aliphatic rings. The van der Waals surface area contributed by atoms with Crippen molar-refractivity contribution in [2.75, 3.05) is 45.8 Å². The second-order valence-electron chi connectivity index (χ2n) is 4.33. The van der Waals surface area contributed by atoms with Crippen molar-refractivity contribution in [1.29, 1.82) is 0 Å². The molecule has 3 heteroatoms. The maximum Gasteiger partial charge on any atom is 0.0392 e. The van der Waals surface area contributed by atoms with Gasteiger partial charge in [0.2, 0.25) is 0 Å². The molecule has 1 radical (unpaired) electrons. The van der Waals surface area contributed by atoms with Gasteiger partial charge in [-0.05, 0) is 25.9 Å². The van der Waals surface area contributed by atoms with Gasteiger partial charge in [-0.3, -0.25) is 4.90 Å². The summed E-state index contributed by atoms with van der Waals surface area (Å²) in [6.45, 7) is 10.9. The van der Waals surface area contributed by atoms with Crippen molar-refractivity contribution in [1.82, 2.24) is 15.1 Å². The van der Waals surface area contributed by atoms with Crippen LogP contribution in [-0.2, 0) is 0 Å². The second-order valence-corrected chi connectivity index (χ2v) is 4.33. The molecule has 2 heterocycles. The summed E-state index contributed by atoms with van der Waals surface area (Å²) >= 11 is 0. The molecule has 0 saturated carbocycles. The second kappa shape index (κ2) is 5.69. The molecule has 81 valence electrons. The maximum absolute atomic E-state index is 3.38. The average Bonchev–Trinajstić information content (AvgIpc) is 2.29. The lowest BCUT2D eigenvalue weighted by Crippen LogP contribution is -2.44. The van der Waals surface area contributed by atoms with Crippen LogP contribution in [-0.4, -0.2) is 55.6 Å². The van der Waals surface area contributed by atoms with Gasteiger partial charge in [0, 0.05) is 39.3 Å². The lowest BCUT2D eigenvalue weighted by atomic mass is 10.1. The molecule has 0 aromatic heterocycles. The van der Waals surface area contributed by atoms with E-state index < -0.39 is 0 Å². The highest BCUT2D eigenvalue weighted by Gasteiger charge is 2.13. The smallest absolute Gasteiger partial charge is 0.0392 e. The zero-order valence-corrected chi connectivity index (χ0v) is 9.04. The number of piperidine rings is 1. The van der Waals surface area contributed by atoms with E-state index in [-0.39, 0.29) is 0 Å². The highest BCUT2D eigenvalue weighted by molar-refractivity contribution is 4.78. The van der Waals surface area contributed by atoms with E-state index in [2.05, 4.69) is 21.7 Å². The predicted molar refractivity (Wildman–Crippen MR) is 59.0 cm³/mol. The lowest BCUT2D eigenvalue weighted by Gasteiger charge is -2.31. The molecule has 1 N–H and O–H groups in total. The van der Waals surface area contributed by atoms with Crippen molar-refractivity contribution in [2.24, 2.45) is 0 Å². The van der Waals surface area contributed by atoms with Crippen LogP contribution < -0.4 is 5.32 Å². The fraction of sp³-hybridized carbons (Fsp3) is 0.909. The molecule has 0 amide bonds. The van der Waals surface area contributed by atoms with Gasteiger partial charge in [-0.1, -0.05) is 6.42 Å². The average molecular weight is 196 g/mol. The molecule has 2 rings (SSSR count). The molecular weight excluding hydrogens is 174 g/mol. The quantitative estimate of drug-likeness (QED) is 0.711. The molecular formula is C11H22N3. The standard InChI is InChI=1S/C11H22N3/c1-2-6-13(7-3-1)10-11-14-8-4-12-5-9-14/h11-12H,1-10H2. The monoisotopic (exact) mass is 196 g/mol. The summed E-state index contributed by atoms with van der Waals surface area (Å²) in [5.41, 5.74) is 0. The summed E-state index contributed by atoms with van der Waals surface area (Å²) in [6.07, 6.45) is 4.23. The third-order valence-corrected chi connectivity index (χ3v) is 3.20. The summed E-state index contributed by atoms with van der Waals surface area (Å²) in [5, 5.41) is 3.38. The number of hydrogen-bond acceptors (Lipinski definition) is 3. The Hall–Kier alpha value is -0.120. The Morgan fingerprint density at radius 2 is 1.64 bits per heavy atom. The molecule has 0 spiro atoms. The van der Waals surface area contributed by atoms with E-state index in [0.717, 1.165) is 13.1 Å². The first-order chi connectivity index (χ1) is 6.95. The zero-order valence-electron chi connectivity index (χ0n) is 9.04. The van der Waals surface area contributed by atoms with Crippen molar-refractivity contribution in [3.05, 3.63) is 6.54 Å². The zero-order chi connectivity index (χ0) is 9.64. The molecule has 0 aliphatic carbocycles. The molecule has 0 aromatic carbocycles. The molecule has 2 saturated heterocycles. The van der Waals surface area contributed by atoms with Crippen LogP contribution in [0.3, 0.4) is 0 Å². The first-order valence-corrected chi connectivity index (χ1v) is 5.95. The molecule has 14 heavy (non-hydrogen) atoms. The summed E-state index contributed by atoms with van der Waals surface area (Å²) in [4.78, 5) is 5.04. The van der Waals surface area contributed by atoms with Crippen LogP contribution >= 0.6 is 0 Å². The van der Waals surface area contributed by atoms with Gasteiger partial charge in [-0.2, -0.15) is 0 Å². The van der Waals surface area contributed by atoms with Crippen molar-refractivity contribution in [3.63, 3.8) is 0 Å². The van der Waals surface area contributed by atoms with Crippen LogP contribution in [0.1, 0.15) is 19.3 Å². The van der Waals surface area contributed by atoms with Crippen LogP contribution in [0.2, 0.25) is 0 Å². The van der Waals surface area contributed by atoms with Crippen LogP contribution in [0.25, 0.3) is 0 Å². The van der Waals surface area contributed by atoms with E-state index in [9.17, 15) is 0 Å². The Kier molecular flexibility index (Phi) is 4.22. The molecule has 2 aliphatic heterocycles. The van der Waals surface area contributed by atoms with Gasteiger partial charge in [0.1, 0.15) is 0 Å². The fourth-order valence-corrected chi connectivity index (χ4v) is 2.24. The molecule has 0 unspecified atom stereocenters. The minimum absolute atomic E-state index is 1.15. The van der Waals surface area contributed by atoms with E-state index in [4.69, 9.17) is 0 Å². The highest BCUT2D eigenvalue weighted by Crippen LogP contribution is 2.09. The van der Waals surface area contributed by atoms with E-state index in [1.165, 1.54) is 52.0 Å². The van der Waals surface area contributed by atoms with E-state index in [0.29, 0.717) is 0 Å². The third kappa shape index (κ3) is 3.23. The van der Waals surface area contributed by atoms with Gasteiger partial charge in [0.05, 0.1) is 0 Å². The maximum atomic E-state index is 3.38. The number of nitrogens with one attached hydrogen (secondary N) is 1. The van der Waals surface area contributed by atoms with Crippen LogP contribution in [0.15, 0.2) is 0 Å². The van der Waals surface area contributed by atoms with Crippen molar-refractivity contribution in [3.8, 4) is 0 Å². The first kappa shape index (κ1) is 10.4. The van der Waals surface area contributed by atoms with Crippen LogP contribution in [0.4, 0.5) is 0 Å². The van der Waals surface area contributed by atoms with Crippen molar-refractivity contribution < 1.29 is 0 Å². The normalized spacial score (nSPS) is 26.6. The van der Waals surface area contributed by atoms with Crippen LogP contribution in [0, 0.1) is 6.54 Å². The van der Waals surface area contributed by atoms with Gasteiger partial charge in [0.25, 0.3) is 0 Å². The fourth-order valence-electron chi connectivity index (χ4n) is 2.24. The molecule has 3 nitrogen and oxygen atoms in total. The first-order valence-electron chi connectivity index (χ1n) is 5.95. The van der Waals surface area contributed by atoms with Crippen molar-refractivity contribution in [2.45, 2.75) is 19.3 Å². The Bertz CT molecular complexity index is 131. The Labute approximate surface area is 87.4 Å². The number of piperazine rings is 1. The minimum Gasteiger partial charge on any atom is -0.314 e. The minimum atomic E-state index is 1.15. The predicted octanol–water partition coefficient (Wildman–Crippen LogP) is 0.539. The Balaban J connectivity index is 1.60. The molecule has 0 aromatic rings. The summed E-state index contributed by atoms with van der Waals surface area (Å²) in [5.74, 6) is 0. The van der Waals surface area contributed by atoms with E-state index in [1.807, 2.05) is 0 Å². The molecule has 0 atom stereocenters. The largest absolute Gasteiger partial charge is 0.314 e. The van der Waals surface area contributed by atoms with Crippen molar-refractivity contribution >= 4 is 0 Å². The summed E-state index contributed by atoms with van der Waals surface area (Å²) in [6, 6.07) is 0. The van der Waals surface area contributed by atoms with Crippen LogP contribution in [0.5, 0.6) is 0 Å². The topological polar surface area (TPSA) is 18.5 Å². The Morgan fingerprint density at radius 1 is 0.929 bits per heavy atom. The lowest BCUT2D eigenvalue weighted by molar-refractivity contribution is 0.204. The summed E-state index contributed by atoms with van der Waals surface area (Å²) in [7, 11) is 0. The summed E-state index contributed by atoms with van der Waals surface area (Å²) < 4.78 is 0. The van der Waals surface area contributed by atoms with E-state index in [1.54, 1.807) is 0 Å². The highest BCUT2D eigenvalue weighted by atomic mass is 15.2. The number of nitrogens with zero attached hydrogens (tertiary/aromatic N) is 2. The van der Waals surface area contributed by atoms with Gasteiger partial charge < -0.3 is 10.2 Å². The van der Waals surface area contributed by atoms with E-state index >= 15 is 0 Å². The third-order valence-electron chi connectivity index (χ3n) is 3.20. The van der Waals surface area contributed by atoms with Gasteiger partial charge in [-0.15, -0.1) is 0 Å². The molecule has 0 bridgehead atoms. The van der Waals surface area contributed by atoms with Gasteiger partial charge in [-0.25, -0.2) is 0 Å².